The molecule has 1 aliphatic rings. The van der Waals surface area contributed by atoms with Crippen LogP contribution in [0.2, 0.25) is 0 Å². The highest BCUT2D eigenvalue weighted by molar-refractivity contribution is 4.93. The van der Waals surface area contributed by atoms with Crippen molar-refractivity contribution in [1.29, 1.82) is 0 Å². The Bertz CT molecular complexity index is 310. The molecule has 4 heteroatoms. The summed E-state index contributed by atoms with van der Waals surface area (Å²) in [6.07, 6.45) is 3.01. The topological polar surface area (TPSA) is 41.3 Å². The van der Waals surface area contributed by atoms with E-state index in [9.17, 15) is 0 Å². The van der Waals surface area contributed by atoms with Gasteiger partial charge >= 0.3 is 0 Å². The zero-order chi connectivity index (χ0) is 12.1. The molecule has 1 N–H and O–H groups in total. The average Bonchev–Trinajstić information content (AvgIpc) is 2.90. The monoisotopic (exact) mass is 237 g/mol. The lowest BCUT2D eigenvalue weighted by Crippen LogP contribution is -2.28. The molecule has 0 aliphatic carbocycles. The number of hydrogen-bond donors (Lipinski definition) is 1. The van der Waals surface area contributed by atoms with Crippen LogP contribution in [0.5, 0.6) is 0 Å². The van der Waals surface area contributed by atoms with E-state index >= 15 is 0 Å². The summed E-state index contributed by atoms with van der Waals surface area (Å²) in [5.41, 5.74) is 0. The zero-order valence-electron chi connectivity index (χ0n) is 10.9. The molecule has 2 heterocycles. The van der Waals surface area contributed by atoms with E-state index in [1.807, 2.05) is 6.07 Å². The van der Waals surface area contributed by atoms with Gasteiger partial charge in [-0.1, -0.05) is 19.0 Å². The number of aromatic nitrogens is 1. The standard InChI is InChI=1S/C13H23N3O/c1-11(2)7-14-8-12-4-6-16(9-12)10-13-3-5-15-17-13/h3,5,11-12,14H,4,6-10H2,1-2H3. The van der Waals surface area contributed by atoms with E-state index in [1.165, 1.54) is 19.5 Å². The first-order chi connectivity index (χ1) is 8.24. The second-order valence-corrected chi connectivity index (χ2v) is 5.42. The molecule has 0 saturated carbocycles. The number of likely N-dealkylation sites (tertiary alicyclic amines) is 1. The molecule has 96 valence electrons. The maximum absolute atomic E-state index is 5.14. The number of rotatable bonds is 6. The van der Waals surface area contributed by atoms with Crippen molar-refractivity contribution in [2.24, 2.45) is 11.8 Å². The minimum atomic E-state index is 0.738. The molecule has 0 bridgehead atoms. The lowest BCUT2D eigenvalue weighted by Gasteiger charge is -2.15. The third kappa shape index (κ3) is 4.13. The molecule has 17 heavy (non-hydrogen) atoms. The van der Waals surface area contributed by atoms with Crippen molar-refractivity contribution in [1.82, 2.24) is 15.4 Å². The van der Waals surface area contributed by atoms with E-state index in [0.29, 0.717) is 0 Å². The fourth-order valence-corrected chi connectivity index (χ4v) is 2.34. The maximum atomic E-state index is 5.14. The molecule has 0 spiro atoms. The number of hydrogen-bond acceptors (Lipinski definition) is 4. The second-order valence-electron chi connectivity index (χ2n) is 5.42. The van der Waals surface area contributed by atoms with Gasteiger partial charge in [0.15, 0.2) is 5.76 Å². The molecule has 1 saturated heterocycles. The highest BCUT2D eigenvalue weighted by atomic mass is 16.5. The van der Waals surface area contributed by atoms with Crippen LogP contribution in [-0.4, -0.2) is 36.2 Å². The van der Waals surface area contributed by atoms with E-state index in [-0.39, 0.29) is 0 Å². The van der Waals surface area contributed by atoms with E-state index in [1.54, 1.807) is 6.20 Å². The Kier molecular flexibility index (Phi) is 4.57. The van der Waals surface area contributed by atoms with Crippen molar-refractivity contribution in [3.63, 3.8) is 0 Å². The summed E-state index contributed by atoms with van der Waals surface area (Å²) in [7, 11) is 0. The van der Waals surface area contributed by atoms with Gasteiger partial charge in [-0.25, -0.2) is 0 Å². The number of nitrogens with zero attached hydrogens (tertiary/aromatic N) is 2. The molecule has 2 rings (SSSR count). The van der Waals surface area contributed by atoms with Crippen molar-refractivity contribution in [3.05, 3.63) is 18.0 Å². The van der Waals surface area contributed by atoms with Crippen LogP contribution < -0.4 is 5.32 Å². The van der Waals surface area contributed by atoms with Crippen molar-refractivity contribution in [2.45, 2.75) is 26.8 Å². The van der Waals surface area contributed by atoms with Crippen molar-refractivity contribution in [2.75, 3.05) is 26.2 Å². The lowest BCUT2D eigenvalue weighted by molar-refractivity contribution is 0.265. The van der Waals surface area contributed by atoms with E-state index in [4.69, 9.17) is 4.52 Å². The van der Waals surface area contributed by atoms with Gasteiger partial charge in [-0.05, 0) is 37.9 Å². The Morgan fingerprint density at radius 3 is 3.18 bits per heavy atom. The minimum absolute atomic E-state index is 0.738. The summed E-state index contributed by atoms with van der Waals surface area (Å²) < 4.78 is 5.14. The molecular formula is C13H23N3O. The Morgan fingerprint density at radius 2 is 2.47 bits per heavy atom. The first-order valence-electron chi connectivity index (χ1n) is 6.56. The van der Waals surface area contributed by atoms with Crippen molar-refractivity contribution < 1.29 is 4.52 Å². The van der Waals surface area contributed by atoms with Crippen LogP contribution in [0.25, 0.3) is 0 Å². The molecule has 0 aromatic carbocycles. The Hall–Kier alpha value is -0.870. The van der Waals surface area contributed by atoms with E-state index < -0.39 is 0 Å². The van der Waals surface area contributed by atoms with Gasteiger partial charge < -0.3 is 9.84 Å². The molecular weight excluding hydrogens is 214 g/mol. The van der Waals surface area contributed by atoms with Gasteiger partial charge in [-0.15, -0.1) is 0 Å². The smallest absolute Gasteiger partial charge is 0.150 e. The van der Waals surface area contributed by atoms with Crippen molar-refractivity contribution >= 4 is 0 Å². The third-order valence-corrected chi connectivity index (χ3v) is 3.23. The summed E-state index contributed by atoms with van der Waals surface area (Å²) in [4.78, 5) is 2.45. The predicted molar refractivity (Wildman–Crippen MR) is 67.6 cm³/mol. The lowest BCUT2D eigenvalue weighted by atomic mass is 10.1. The highest BCUT2D eigenvalue weighted by Gasteiger charge is 2.22. The van der Waals surface area contributed by atoms with Crippen LogP contribution in [0.3, 0.4) is 0 Å². The van der Waals surface area contributed by atoms with Crippen LogP contribution in [0.4, 0.5) is 0 Å². The predicted octanol–water partition coefficient (Wildman–Crippen LogP) is 1.74. The van der Waals surface area contributed by atoms with E-state index in [2.05, 4.69) is 29.2 Å². The molecule has 0 amide bonds. The quantitative estimate of drug-likeness (QED) is 0.818. The summed E-state index contributed by atoms with van der Waals surface area (Å²) in [5.74, 6) is 2.50. The normalized spacial score (nSPS) is 21.5. The Balaban J connectivity index is 1.65. The molecule has 1 aliphatic heterocycles. The molecule has 0 radical (unpaired) electrons. The van der Waals surface area contributed by atoms with Gasteiger partial charge in [0, 0.05) is 12.6 Å². The molecule has 1 aromatic heterocycles. The molecule has 1 unspecified atom stereocenters. The first kappa shape index (κ1) is 12.6. The SMILES string of the molecule is CC(C)CNCC1CCN(Cc2ccno2)C1. The average molecular weight is 237 g/mol. The largest absolute Gasteiger partial charge is 0.360 e. The first-order valence-corrected chi connectivity index (χ1v) is 6.56. The van der Waals surface area contributed by atoms with Gasteiger partial charge in [-0.2, -0.15) is 0 Å². The number of nitrogens with one attached hydrogen (secondary N) is 1. The molecule has 1 aromatic rings. The zero-order valence-corrected chi connectivity index (χ0v) is 10.9. The molecule has 1 fully saturated rings. The van der Waals surface area contributed by atoms with Crippen LogP contribution in [-0.2, 0) is 6.54 Å². The van der Waals surface area contributed by atoms with Crippen LogP contribution >= 0.6 is 0 Å². The fourth-order valence-electron chi connectivity index (χ4n) is 2.34. The van der Waals surface area contributed by atoms with Gasteiger partial charge in [0.25, 0.3) is 0 Å². The fraction of sp³-hybridized carbons (Fsp3) is 0.769. The van der Waals surface area contributed by atoms with Crippen molar-refractivity contribution in [3.8, 4) is 0 Å². The summed E-state index contributed by atoms with van der Waals surface area (Å²) in [6, 6.07) is 1.95. The summed E-state index contributed by atoms with van der Waals surface area (Å²) in [5, 5.41) is 7.28. The summed E-state index contributed by atoms with van der Waals surface area (Å²) >= 11 is 0. The minimum Gasteiger partial charge on any atom is -0.360 e. The Morgan fingerprint density at radius 1 is 1.59 bits per heavy atom. The van der Waals surface area contributed by atoms with Gasteiger partial charge in [0.05, 0.1) is 12.7 Å². The van der Waals surface area contributed by atoms with E-state index in [0.717, 1.165) is 37.2 Å². The Labute approximate surface area is 103 Å². The van der Waals surface area contributed by atoms with Crippen LogP contribution in [0, 0.1) is 11.8 Å². The van der Waals surface area contributed by atoms with Gasteiger partial charge in [0.1, 0.15) is 0 Å². The molecule has 4 nitrogen and oxygen atoms in total. The van der Waals surface area contributed by atoms with Gasteiger partial charge in [0.2, 0.25) is 0 Å². The van der Waals surface area contributed by atoms with Crippen LogP contribution in [0.15, 0.2) is 16.8 Å². The highest BCUT2D eigenvalue weighted by Crippen LogP contribution is 2.17. The van der Waals surface area contributed by atoms with Gasteiger partial charge in [-0.3, -0.25) is 4.90 Å². The second kappa shape index (κ2) is 6.17. The molecule has 1 atom stereocenters. The van der Waals surface area contributed by atoms with Crippen LogP contribution in [0.1, 0.15) is 26.0 Å². The maximum Gasteiger partial charge on any atom is 0.150 e. The summed E-state index contributed by atoms with van der Waals surface area (Å²) in [6.45, 7) is 10.0. The third-order valence-electron chi connectivity index (χ3n) is 3.23.